The minimum atomic E-state index is -0.706. The molecule has 0 spiro atoms. The Morgan fingerprint density at radius 1 is 1.23 bits per heavy atom. The minimum absolute atomic E-state index is 0.220. The summed E-state index contributed by atoms with van der Waals surface area (Å²) in [5.74, 6) is 0.643. The lowest BCUT2D eigenvalue weighted by atomic mass is 10.2. The van der Waals surface area contributed by atoms with Crippen molar-refractivity contribution in [3.05, 3.63) is 46.1 Å². The number of fused-ring (bicyclic) bond motifs is 1. The van der Waals surface area contributed by atoms with Crippen molar-refractivity contribution in [2.45, 2.75) is 31.4 Å². The molecule has 3 heterocycles. The number of rotatable bonds is 5. The van der Waals surface area contributed by atoms with Crippen molar-refractivity contribution in [2.24, 2.45) is 0 Å². The number of hydrogen-bond donors (Lipinski definition) is 3. The molecule has 1 aliphatic heterocycles. The van der Waals surface area contributed by atoms with Gasteiger partial charge in [-0.3, -0.25) is 4.57 Å². The molecule has 3 N–H and O–H groups in total. The van der Waals surface area contributed by atoms with Gasteiger partial charge in [-0.05, 0) is 40.3 Å². The fourth-order valence-electron chi connectivity index (χ4n) is 3.03. The standard InChI is InChI=1S/C17H18IN5O3/c18-11-3-1-10(2-4-11)6-19-16-15-17(21-8-20-16)23(9-22-15)14-5-12(25)13(7-24)26-14/h1-4,8-9,12-14,24-25H,5-7H2,(H,19,20,21)/t12-,13-,14-/m1/s1. The Morgan fingerprint density at radius 3 is 2.77 bits per heavy atom. The predicted octanol–water partition coefficient (Wildman–Crippen LogP) is 1.68. The van der Waals surface area contributed by atoms with Crippen molar-refractivity contribution in [3.63, 3.8) is 0 Å². The third-order valence-corrected chi connectivity index (χ3v) is 5.15. The topological polar surface area (TPSA) is 105 Å². The number of aliphatic hydroxyl groups is 2. The molecule has 1 fully saturated rings. The fraction of sp³-hybridized carbons (Fsp3) is 0.353. The van der Waals surface area contributed by atoms with Crippen LogP contribution in [0.5, 0.6) is 0 Å². The zero-order chi connectivity index (χ0) is 18.1. The molecule has 4 rings (SSSR count). The van der Waals surface area contributed by atoms with Crippen LogP contribution in [-0.4, -0.2) is 48.5 Å². The number of nitrogens with one attached hydrogen (secondary N) is 1. The van der Waals surface area contributed by atoms with E-state index in [1.165, 1.54) is 9.90 Å². The minimum Gasteiger partial charge on any atom is -0.394 e. The Balaban J connectivity index is 1.56. The van der Waals surface area contributed by atoms with Gasteiger partial charge in [0, 0.05) is 16.5 Å². The van der Waals surface area contributed by atoms with Gasteiger partial charge in [-0.15, -0.1) is 0 Å². The number of aromatic nitrogens is 4. The normalized spacial score (nSPS) is 22.8. The molecule has 0 aliphatic carbocycles. The average molecular weight is 467 g/mol. The van der Waals surface area contributed by atoms with Crippen LogP contribution in [-0.2, 0) is 11.3 Å². The monoisotopic (exact) mass is 467 g/mol. The molecule has 0 bridgehead atoms. The lowest BCUT2D eigenvalue weighted by molar-refractivity contribution is -0.0432. The SMILES string of the molecule is OC[C@H]1O[C@@H](n2cnc3c(NCc4ccc(I)cc4)ncnc32)C[C@H]1O. The second-order valence-electron chi connectivity index (χ2n) is 6.14. The molecule has 0 unspecified atom stereocenters. The second-order valence-corrected chi connectivity index (χ2v) is 7.39. The molecule has 3 atom stereocenters. The van der Waals surface area contributed by atoms with Crippen LogP contribution >= 0.6 is 22.6 Å². The molecular formula is C17H18IN5O3. The molecule has 8 nitrogen and oxygen atoms in total. The highest BCUT2D eigenvalue weighted by atomic mass is 127. The van der Waals surface area contributed by atoms with Gasteiger partial charge in [-0.25, -0.2) is 15.0 Å². The van der Waals surface area contributed by atoms with Crippen LogP contribution in [0.15, 0.2) is 36.9 Å². The lowest BCUT2D eigenvalue weighted by Gasteiger charge is -2.13. The van der Waals surface area contributed by atoms with Crippen LogP contribution in [0.4, 0.5) is 5.82 Å². The van der Waals surface area contributed by atoms with Crippen LogP contribution < -0.4 is 5.32 Å². The maximum Gasteiger partial charge on any atom is 0.167 e. The van der Waals surface area contributed by atoms with Crippen molar-refractivity contribution in [1.82, 2.24) is 19.5 Å². The van der Waals surface area contributed by atoms with Gasteiger partial charge < -0.3 is 20.3 Å². The van der Waals surface area contributed by atoms with Crippen molar-refractivity contribution in [1.29, 1.82) is 0 Å². The molecular weight excluding hydrogens is 449 g/mol. The zero-order valence-electron chi connectivity index (χ0n) is 13.8. The van der Waals surface area contributed by atoms with E-state index < -0.39 is 18.4 Å². The van der Waals surface area contributed by atoms with Gasteiger partial charge in [0.05, 0.1) is 19.0 Å². The first-order valence-electron chi connectivity index (χ1n) is 8.26. The Hall–Kier alpha value is -1.82. The van der Waals surface area contributed by atoms with Crippen molar-refractivity contribution >= 4 is 39.6 Å². The first-order valence-corrected chi connectivity index (χ1v) is 9.34. The van der Waals surface area contributed by atoms with Gasteiger partial charge in [-0.2, -0.15) is 0 Å². The number of ether oxygens (including phenoxy) is 1. The molecule has 3 aromatic rings. The van der Waals surface area contributed by atoms with Crippen molar-refractivity contribution in [3.8, 4) is 0 Å². The first-order chi connectivity index (χ1) is 12.7. The quantitative estimate of drug-likeness (QED) is 0.491. The van der Waals surface area contributed by atoms with Crippen LogP contribution in [0.3, 0.4) is 0 Å². The van der Waals surface area contributed by atoms with Gasteiger partial charge in [0.1, 0.15) is 18.7 Å². The Bertz CT molecular complexity index is 901. The van der Waals surface area contributed by atoms with Crippen LogP contribution in [0, 0.1) is 3.57 Å². The average Bonchev–Trinajstić information content (AvgIpc) is 3.24. The summed E-state index contributed by atoms with van der Waals surface area (Å²) in [5, 5.41) is 22.5. The molecule has 0 radical (unpaired) electrons. The molecule has 9 heteroatoms. The molecule has 2 aromatic heterocycles. The summed E-state index contributed by atoms with van der Waals surface area (Å²) < 4.78 is 8.66. The van der Waals surface area contributed by atoms with Gasteiger partial charge in [0.15, 0.2) is 17.0 Å². The van der Waals surface area contributed by atoms with Crippen molar-refractivity contribution in [2.75, 3.05) is 11.9 Å². The molecule has 1 aromatic carbocycles. The number of nitrogens with zero attached hydrogens (tertiary/aromatic N) is 4. The van der Waals surface area contributed by atoms with E-state index in [1.54, 1.807) is 10.9 Å². The summed E-state index contributed by atoms with van der Waals surface area (Å²) in [5.41, 5.74) is 2.41. The number of imidazole rings is 1. The number of halogens is 1. The second kappa shape index (κ2) is 7.43. The highest BCUT2D eigenvalue weighted by molar-refractivity contribution is 14.1. The molecule has 136 valence electrons. The van der Waals surface area contributed by atoms with Crippen LogP contribution in [0.1, 0.15) is 18.2 Å². The fourth-order valence-corrected chi connectivity index (χ4v) is 3.39. The van der Waals surface area contributed by atoms with E-state index in [-0.39, 0.29) is 6.61 Å². The summed E-state index contributed by atoms with van der Waals surface area (Å²) in [4.78, 5) is 13.0. The Morgan fingerprint density at radius 2 is 2.04 bits per heavy atom. The summed E-state index contributed by atoms with van der Waals surface area (Å²) >= 11 is 2.28. The van der Waals surface area contributed by atoms with Gasteiger partial charge >= 0.3 is 0 Å². The highest BCUT2D eigenvalue weighted by Gasteiger charge is 2.35. The van der Waals surface area contributed by atoms with E-state index in [0.717, 1.165) is 5.56 Å². The van der Waals surface area contributed by atoms with Crippen LogP contribution in [0.25, 0.3) is 11.2 Å². The lowest BCUT2D eigenvalue weighted by Crippen LogP contribution is -2.24. The van der Waals surface area contributed by atoms with E-state index in [0.29, 0.717) is 29.9 Å². The number of aliphatic hydroxyl groups excluding tert-OH is 2. The molecule has 0 saturated carbocycles. The van der Waals surface area contributed by atoms with Crippen LogP contribution in [0.2, 0.25) is 0 Å². The summed E-state index contributed by atoms with van der Waals surface area (Å²) in [6.45, 7) is 0.406. The summed E-state index contributed by atoms with van der Waals surface area (Å²) in [6.07, 6.45) is 1.79. The van der Waals surface area contributed by atoms with E-state index in [1.807, 2.05) is 0 Å². The molecule has 1 aliphatic rings. The third-order valence-electron chi connectivity index (χ3n) is 4.43. The third kappa shape index (κ3) is 3.39. The number of hydrogen-bond acceptors (Lipinski definition) is 7. The summed E-state index contributed by atoms with van der Waals surface area (Å²) in [7, 11) is 0. The molecule has 0 amide bonds. The molecule has 26 heavy (non-hydrogen) atoms. The smallest absolute Gasteiger partial charge is 0.167 e. The predicted molar refractivity (Wildman–Crippen MR) is 103 cm³/mol. The summed E-state index contributed by atoms with van der Waals surface area (Å²) in [6, 6.07) is 8.24. The largest absolute Gasteiger partial charge is 0.394 e. The maximum absolute atomic E-state index is 9.95. The zero-order valence-corrected chi connectivity index (χ0v) is 15.9. The highest BCUT2D eigenvalue weighted by Crippen LogP contribution is 2.31. The van der Waals surface area contributed by atoms with E-state index >= 15 is 0 Å². The van der Waals surface area contributed by atoms with E-state index in [4.69, 9.17) is 4.74 Å². The number of anilines is 1. The van der Waals surface area contributed by atoms with E-state index in [2.05, 4.69) is 67.1 Å². The van der Waals surface area contributed by atoms with Gasteiger partial charge in [0.2, 0.25) is 0 Å². The maximum atomic E-state index is 9.95. The number of benzene rings is 1. The van der Waals surface area contributed by atoms with E-state index in [9.17, 15) is 10.2 Å². The van der Waals surface area contributed by atoms with Gasteiger partial charge in [0.25, 0.3) is 0 Å². The van der Waals surface area contributed by atoms with Crippen molar-refractivity contribution < 1.29 is 14.9 Å². The first kappa shape index (κ1) is 17.6. The Kier molecular flexibility index (Phi) is 5.02. The molecule has 1 saturated heterocycles. The Labute approximate surface area is 163 Å². The van der Waals surface area contributed by atoms with Gasteiger partial charge in [-0.1, -0.05) is 12.1 Å².